The van der Waals surface area contributed by atoms with Gasteiger partial charge in [0.15, 0.2) is 5.82 Å². The smallest absolute Gasteiger partial charge is 0.247 e. The number of carbonyl (C=O) groups is 1. The predicted molar refractivity (Wildman–Crippen MR) is 104 cm³/mol. The van der Waals surface area contributed by atoms with Crippen LogP contribution in [0.25, 0.3) is 17.2 Å². The molecule has 0 N–H and O–H groups in total. The first-order valence-electron chi connectivity index (χ1n) is 9.22. The van der Waals surface area contributed by atoms with Crippen molar-refractivity contribution < 1.29 is 9.32 Å². The van der Waals surface area contributed by atoms with Crippen LogP contribution in [0.5, 0.6) is 0 Å². The van der Waals surface area contributed by atoms with Crippen molar-refractivity contribution in [1.29, 1.82) is 0 Å². The average molecular weight is 359 g/mol. The van der Waals surface area contributed by atoms with Crippen molar-refractivity contribution in [3.05, 3.63) is 78.5 Å². The number of amides is 1. The Labute approximate surface area is 158 Å². The highest BCUT2D eigenvalue weighted by Crippen LogP contribution is 2.29. The second-order valence-corrected chi connectivity index (χ2v) is 6.66. The van der Waals surface area contributed by atoms with Crippen LogP contribution in [-0.2, 0) is 4.79 Å². The normalized spacial score (nSPS) is 17.3. The van der Waals surface area contributed by atoms with E-state index in [0.717, 1.165) is 36.0 Å². The van der Waals surface area contributed by atoms with Crippen LogP contribution >= 0.6 is 0 Å². The monoisotopic (exact) mass is 359 g/mol. The second kappa shape index (κ2) is 7.99. The molecular weight excluding hydrogens is 338 g/mol. The molecule has 1 fully saturated rings. The zero-order valence-corrected chi connectivity index (χ0v) is 15.0. The van der Waals surface area contributed by atoms with Crippen LogP contribution < -0.4 is 0 Å². The minimum Gasteiger partial charge on any atom is -0.343 e. The van der Waals surface area contributed by atoms with Gasteiger partial charge in [0.2, 0.25) is 12.3 Å². The van der Waals surface area contributed by atoms with Gasteiger partial charge in [0.25, 0.3) is 0 Å². The minimum atomic E-state index is -0.106. The fourth-order valence-corrected chi connectivity index (χ4v) is 3.51. The maximum atomic E-state index is 12.8. The molecule has 1 amide bonds. The number of benzene rings is 2. The quantitative estimate of drug-likeness (QED) is 0.643. The van der Waals surface area contributed by atoms with E-state index in [0.29, 0.717) is 12.4 Å². The minimum absolute atomic E-state index is 0.0189. The highest BCUT2D eigenvalue weighted by molar-refractivity contribution is 5.92. The summed E-state index contributed by atoms with van der Waals surface area (Å²) < 4.78 is 4.86. The standard InChI is InChI=1S/C22H21N3O2/c26-21(25-14-5-4-11-20(25)22-23-16-27-24-22)13-12-17-7-6-10-19(15-17)18-8-2-1-3-9-18/h1-3,6-10,12-13,15-16,20H,4-5,11,14H2/b13-12+. The molecule has 0 aliphatic carbocycles. The molecule has 1 aliphatic heterocycles. The molecule has 1 unspecified atom stereocenters. The van der Waals surface area contributed by atoms with E-state index in [1.165, 1.54) is 6.39 Å². The van der Waals surface area contributed by atoms with Crippen LogP contribution in [0.4, 0.5) is 0 Å². The summed E-state index contributed by atoms with van der Waals surface area (Å²) in [6.45, 7) is 0.715. The van der Waals surface area contributed by atoms with E-state index in [2.05, 4.69) is 34.4 Å². The highest BCUT2D eigenvalue weighted by atomic mass is 16.5. The highest BCUT2D eigenvalue weighted by Gasteiger charge is 2.29. The van der Waals surface area contributed by atoms with E-state index < -0.39 is 0 Å². The molecule has 1 aromatic heterocycles. The van der Waals surface area contributed by atoms with Gasteiger partial charge >= 0.3 is 0 Å². The van der Waals surface area contributed by atoms with Crippen LogP contribution in [0.15, 0.2) is 71.6 Å². The molecule has 1 atom stereocenters. The molecule has 1 aliphatic rings. The Morgan fingerprint density at radius 2 is 1.93 bits per heavy atom. The van der Waals surface area contributed by atoms with Crippen molar-refractivity contribution in [2.24, 2.45) is 0 Å². The molecule has 0 bridgehead atoms. The molecule has 1 saturated heterocycles. The fraction of sp³-hybridized carbons (Fsp3) is 0.227. The second-order valence-electron chi connectivity index (χ2n) is 6.66. The average Bonchev–Trinajstić information content (AvgIpc) is 3.28. The first-order valence-corrected chi connectivity index (χ1v) is 9.22. The molecule has 0 saturated carbocycles. The Kier molecular flexibility index (Phi) is 5.10. The summed E-state index contributed by atoms with van der Waals surface area (Å²) in [6, 6.07) is 18.3. The summed E-state index contributed by atoms with van der Waals surface area (Å²) in [5, 5.41) is 3.93. The molecular formula is C22H21N3O2. The number of hydrogen-bond donors (Lipinski definition) is 0. The molecule has 2 aromatic carbocycles. The van der Waals surface area contributed by atoms with E-state index in [1.807, 2.05) is 41.3 Å². The van der Waals surface area contributed by atoms with Gasteiger partial charge in [-0.15, -0.1) is 0 Å². The maximum absolute atomic E-state index is 12.8. The van der Waals surface area contributed by atoms with Crippen molar-refractivity contribution >= 4 is 12.0 Å². The summed E-state index contributed by atoms with van der Waals surface area (Å²) in [5.74, 6) is 0.567. The number of hydrogen-bond acceptors (Lipinski definition) is 4. The zero-order valence-electron chi connectivity index (χ0n) is 15.0. The summed E-state index contributed by atoms with van der Waals surface area (Å²) >= 11 is 0. The Morgan fingerprint density at radius 3 is 2.74 bits per heavy atom. The molecule has 5 nitrogen and oxygen atoms in total. The van der Waals surface area contributed by atoms with Crippen LogP contribution in [0.3, 0.4) is 0 Å². The molecule has 136 valence electrons. The van der Waals surface area contributed by atoms with Gasteiger partial charge in [-0.05, 0) is 48.1 Å². The third-order valence-corrected chi connectivity index (χ3v) is 4.87. The van der Waals surface area contributed by atoms with Crippen molar-refractivity contribution in [2.75, 3.05) is 6.54 Å². The number of rotatable bonds is 4. The number of aromatic nitrogens is 2. The van der Waals surface area contributed by atoms with Crippen molar-refractivity contribution in [1.82, 2.24) is 15.0 Å². The Bertz CT molecular complexity index is 920. The van der Waals surface area contributed by atoms with Gasteiger partial charge in [-0.2, -0.15) is 4.98 Å². The van der Waals surface area contributed by atoms with E-state index in [4.69, 9.17) is 4.52 Å². The van der Waals surface area contributed by atoms with Crippen LogP contribution in [0.1, 0.15) is 36.7 Å². The predicted octanol–water partition coefficient (Wildman–Crippen LogP) is 4.50. The fourth-order valence-electron chi connectivity index (χ4n) is 3.51. The van der Waals surface area contributed by atoms with Gasteiger partial charge in [0.1, 0.15) is 0 Å². The molecule has 0 radical (unpaired) electrons. The SMILES string of the molecule is O=C(/C=C/c1cccc(-c2ccccc2)c1)N1CCCCC1c1ncon1. The van der Waals surface area contributed by atoms with Gasteiger partial charge in [-0.25, -0.2) is 0 Å². The van der Waals surface area contributed by atoms with Crippen molar-refractivity contribution in [3.63, 3.8) is 0 Å². The Balaban J connectivity index is 1.51. The lowest BCUT2D eigenvalue weighted by atomic mass is 10.0. The topological polar surface area (TPSA) is 59.2 Å². The van der Waals surface area contributed by atoms with Gasteiger partial charge < -0.3 is 9.42 Å². The van der Waals surface area contributed by atoms with Gasteiger partial charge in [0, 0.05) is 12.6 Å². The van der Waals surface area contributed by atoms with E-state index in [9.17, 15) is 4.79 Å². The zero-order chi connectivity index (χ0) is 18.5. The maximum Gasteiger partial charge on any atom is 0.247 e. The van der Waals surface area contributed by atoms with E-state index in [-0.39, 0.29) is 11.9 Å². The van der Waals surface area contributed by atoms with Crippen molar-refractivity contribution in [2.45, 2.75) is 25.3 Å². The molecule has 5 heteroatoms. The summed E-state index contributed by atoms with van der Waals surface area (Å²) in [4.78, 5) is 18.8. The third kappa shape index (κ3) is 3.97. The molecule has 27 heavy (non-hydrogen) atoms. The Morgan fingerprint density at radius 1 is 1.07 bits per heavy atom. The summed E-state index contributed by atoms with van der Waals surface area (Å²) in [7, 11) is 0. The third-order valence-electron chi connectivity index (χ3n) is 4.87. The number of nitrogens with zero attached hydrogens (tertiary/aromatic N) is 3. The first kappa shape index (κ1) is 17.2. The largest absolute Gasteiger partial charge is 0.343 e. The molecule has 2 heterocycles. The van der Waals surface area contributed by atoms with Gasteiger partial charge in [0.05, 0.1) is 6.04 Å². The molecule has 0 spiro atoms. The number of likely N-dealkylation sites (tertiary alicyclic amines) is 1. The Hall–Kier alpha value is -3.21. The van der Waals surface area contributed by atoms with Crippen LogP contribution in [-0.4, -0.2) is 27.5 Å². The lowest BCUT2D eigenvalue weighted by molar-refractivity contribution is -0.129. The van der Waals surface area contributed by atoms with E-state index >= 15 is 0 Å². The summed E-state index contributed by atoms with van der Waals surface area (Å²) in [5.41, 5.74) is 3.29. The van der Waals surface area contributed by atoms with Gasteiger partial charge in [-0.3, -0.25) is 4.79 Å². The van der Waals surface area contributed by atoms with E-state index in [1.54, 1.807) is 6.08 Å². The molecule has 4 rings (SSSR count). The lowest BCUT2D eigenvalue weighted by Gasteiger charge is -2.33. The molecule has 3 aromatic rings. The first-order chi connectivity index (χ1) is 13.3. The van der Waals surface area contributed by atoms with Crippen LogP contribution in [0, 0.1) is 0 Å². The summed E-state index contributed by atoms with van der Waals surface area (Å²) in [6.07, 6.45) is 7.75. The van der Waals surface area contributed by atoms with Gasteiger partial charge in [-0.1, -0.05) is 53.7 Å². The lowest BCUT2D eigenvalue weighted by Crippen LogP contribution is -2.38. The number of carbonyl (C=O) groups excluding carboxylic acids is 1. The van der Waals surface area contributed by atoms with Crippen LogP contribution in [0.2, 0.25) is 0 Å². The number of piperidine rings is 1. The van der Waals surface area contributed by atoms with Crippen molar-refractivity contribution in [3.8, 4) is 11.1 Å².